The Morgan fingerprint density at radius 3 is 2.57 bits per heavy atom. The highest BCUT2D eigenvalue weighted by molar-refractivity contribution is 5.62. The highest BCUT2D eigenvalue weighted by Crippen LogP contribution is 2.31. The summed E-state index contributed by atoms with van der Waals surface area (Å²) in [7, 11) is 0. The van der Waals surface area contributed by atoms with Crippen LogP contribution in [0.1, 0.15) is 38.9 Å². The minimum absolute atomic E-state index is 0.577. The Labute approximate surface area is 126 Å². The van der Waals surface area contributed by atoms with Crippen molar-refractivity contribution in [1.29, 1.82) is 0 Å². The third-order valence-electron chi connectivity index (χ3n) is 4.27. The molecular formula is C17H24N4. The highest BCUT2D eigenvalue weighted by Gasteiger charge is 2.23. The number of rotatable bonds is 3. The number of nitrogens with zero attached hydrogens (tertiary/aromatic N) is 2. The molecule has 0 spiro atoms. The van der Waals surface area contributed by atoms with E-state index < -0.39 is 0 Å². The fraction of sp³-hybridized carbons (Fsp3) is 0.529. The number of anilines is 1. The van der Waals surface area contributed by atoms with Gasteiger partial charge in [-0.25, -0.2) is 4.98 Å². The van der Waals surface area contributed by atoms with Crippen LogP contribution in [0.15, 0.2) is 24.3 Å². The number of aryl methyl sites for hydroxylation is 1. The molecule has 0 aliphatic heterocycles. The molecule has 2 aromatic rings. The molecule has 2 unspecified atom stereocenters. The fourth-order valence-corrected chi connectivity index (χ4v) is 3.52. The molecule has 0 saturated heterocycles. The molecular weight excluding hydrogens is 260 g/mol. The number of H-pyrrole nitrogens is 1. The summed E-state index contributed by atoms with van der Waals surface area (Å²) in [5.74, 6) is 3.23. The molecule has 0 radical (unpaired) electrons. The zero-order valence-electron chi connectivity index (χ0n) is 13.1. The Balaban J connectivity index is 1.74. The molecule has 4 nitrogen and oxygen atoms in total. The van der Waals surface area contributed by atoms with E-state index >= 15 is 0 Å². The standard InChI is InChI=1S/C17H24N4/c1-11-7-12(2)9-16(8-11)19-15-6-4-5-14(10-15)17-18-13(3)20-21-17/h4-6,10-12,16,19H,7-9H2,1-3H3,(H,18,20,21). The molecule has 1 aromatic heterocycles. The second-order valence-electron chi connectivity index (χ2n) is 6.58. The van der Waals surface area contributed by atoms with Crippen molar-refractivity contribution in [3.8, 4) is 11.4 Å². The molecule has 1 aromatic carbocycles. The second kappa shape index (κ2) is 5.88. The van der Waals surface area contributed by atoms with Crippen molar-refractivity contribution in [2.75, 3.05) is 5.32 Å². The Bertz CT molecular complexity index is 594. The topological polar surface area (TPSA) is 53.6 Å². The molecule has 2 N–H and O–H groups in total. The average Bonchev–Trinajstić information content (AvgIpc) is 2.84. The van der Waals surface area contributed by atoms with Crippen molar-refractivity contribution >= 4 is 5.69 Å². The van der Waals surface area contributed by atoms with Crippen LogP contribution in [0.3, 0.4) is 0 Å². The van der Waals surface area contributed by atoms with Gasteiger partial charge in [0.2, 0.25) is 0 Å². The largest absolute Gasteiger partial charge is 0.382 e. The molecule has 1 fully saturated rings. The second-order valence-corrected chi connectivity index (χ2v) is 6.58. The quantitative estimate of drug-likeness (QED) is 0.895. The van der Waals surface area contributed by atoms with Gasteiger partial charge in [0, 0.05) is 17.3 Å². The lowest BCUT2D eigenvalue weighted by Crippen LogP contribution is -2.30. The summed E-state index contributed by atoms with van der Waals surface area (Å²) in [6.45, 7) is 6.64. The average molecular weight is 284 g/mol. The van der Waals surface area contributed by atoms with E-state index in [2.05, 4.69) is 58.6 Å². The maximum atomic E-state index is 4.40. The molecule has 0 amide bonds. The van der Waals surface area contributed by atoms with Gasteiger partial charge in [-0.05, 0) is 50.2 Å². The van der Waals surface area contributed by atoms with Crippen LogP contribution in [-0.4, -0.2) is 21.2 Å². The molecule has 1 heterocycles. The first-order valence-corrected chi connectivity index (χ1v) is 7.86. The van der Waals surface area contributed by atoms with Gasteiger partial charge in [-0.15, -0.1) is 0 Å². The zero-order chi connectivity index (χ0) is 14.8. The third kappa shape index (κ3) is 3.43. The molecule has 3 rings (SSSR count). The SMILES string of the molecule is Cc1nc(-c2cccc(NC3CC(C)CC(C)C3)c2)n[nH]1. The molecule has 2 atom stereocenters. The van der Waals surface area contributed by atoms with Crippen molar-refractivity contribution in [1.82, 2.24) is 15.2 Å². The Hall–Kier alpha value is -1.84. The minimum atomic E-state index is 0.577. The van der Waals surface area contributed by atoms with Crippen molar-refractivity contribution < 1.29 is 0 Å². The predicted molar refractivity (Wildman–Crippen MR) is 86.1 cm³/mol. The van der Waals surface area contributed by atoms with E-state index in [1.165, 1.54) is 24.9 Å². The van der Waals surface area contributed by atoms with Crippen LogP contribution in [0.4, 0.5) is 5.69 Å². The summed E-state index contributed by atoms with van der Waals surface area (Å²) in [4.78, 5) is 4.40. The summed E-state index contributed by atoms with van der Waals surface area (Å²) in [5.41, 5.74) is 2.22. The maximum Gasteiger partial charge on any atom is 0.181 e. The van der Waals surface area contributed by atoms with Crippen molar-refractivity contribution in [2.45, 2.75) is 46.1 Å². The number of hydrogen-bond donors (Lipinski definition) is 2. The van der Waals surface area contributed by atoms with Crippen molar-refractivity contribution in [3.63, 3.8) is 0 Å². The molecule has 1 aliphatic carbocycles. The van der Waals surface area contributed by atoms with Gasteiger partial charge in [0.05, 0.1) is 0 Å². The highest BCUT2D eigenvalue weighted by atomic mass is 15.2. The summed E-state index contributed by atoms with van der Waals surface area (Å²) in [5, 5.41) is 10.8. The van der Waals surface area contributed by atoms with Crippen LogP contribution < -0.4 is 5.32 Å². The third-order valence-corrected chi connectivity index (χ3v) is 4.27. The van der Waals surface area contributed by atoms with Gasteiger partial charge in [-0.2, -0.15) is 5.10 Å². The lowest BCUT2D eigenvalue weighted by Gasteiger charge is -2.32. The fourth-order valence-electron chi connectivity index (χ4n) is 3.52. The van der Waals surface area contributed by atoms with Crippen LogP contribution in [0.2, 0.25) is 0 Å². The smallest absolute Gasteiger partial charge is 0.181 e. The number of aromatic amines is 1. The Morgan fingerprint density at radius 2 is 1.90 bits per heavy atom. The zero-order valence-corrected chi connectivity index (χ0v) is 13.1. The summed E-state index contributed by atoms with van der Waals surface area (Å²) in [6.07, 6.45) is 3.87. The normalized spacial score (nSPS) is 25.8. The van der Waals surface area contributed by atoms with Gasteiger partial charge in [0.1, 0.15) is 5.82 Å². The number of benzene rings is 1. The lowest BCUT2D eigenvalue weighted by molar-refractivity contribution is 0.281. The van der Waals surface area contributed by atoms with E-state index in [-0.39, 0.29) is 0 Å². The van der Waals surface area contributed by atoms with E-state index in [0.717, 1.165) is 29.0 Å². The molecule has 1 aliphatic rings. The molecule has 4 heteroatoms. The monoisotopic (exact) mass is 284 g/mol. The van der Waals surface area contributed by atoms with E-state index in [9.17, 15) is 0 Å². The van der Waals surface area contributed by atoms with Gasteiger partial charge in [0.25, 0.3) is 0 Å². The van der Waals surface area contributed by atoms with Crippen LogP contribution in [0.25, 0.3) is 11.4 Å². The van der Waals surface area contributed by atoms with E-state index in [4.69, 9.17) is 0 Å². The molecule has 0 bridgehead atoms. The van der Waals surface area contributed by atoms with E-state index in [1.807, 2.05) is 6.92 Å². The molecule has 21 heavy (non-hydrogen) atoms. The summed E-state index contributed by atoms with van der Waals surface area (Å²) in [6, 6.07) is 8.98. The number of nitrogens with one attached hydrogen (secondary N) is 2. The van der Waals surface area contributed by atoms with Crippen LogP contribution in [0.5, 0.6) is 0 Å². The van der Waals surface area contributed by atoms with Crippen molar-refractivity contribution in [2.24, 2.45) is 11.8 Å². The lowest BCUT2D eigenvalue weighted by atomic mass is 9.80. The summed E-state index contributed by atoms with van der Waals surface area (Å²) < 4.78 is 0. The Morgan fingerprint density at radius 1 is 1.14 bits per heavy atom. The molecule has 112 valence electrons. The van der Waals surface area contributed by atoms with E-state index in [0.29, 0.717) is 6.04 Å². The maximum absolute atomic E-state index is 4.40. The Kier molecular flexibility index (Phi) is 3.95. The number of hydrogen-bond acceptors (Lipinski definition) is 3. The first kappa shape index (κ1) is 14.1. The van der Waals surface area contributed by atoms with Gasteiger partial charge in [-0.3, -0.25) is 5.10 Å². The van der Waals surface area contributed by atoms with Gasteiger partial charge in [0.15, 0.2) is 5.82 Å². The first-order chi connectivity index (χ1) is 10.1. The predicted octanol–water partition coefficient (Wildman–Crippen LogP) is 4.02. The molecule has 1 saturated carbocycles. The minimum Gasteiger partial charge on any atom is -0.382 e. The number of aromatic nitrogens is 3. The van der Waals surface area contributed by atoms with Gasteiger partial charge in [-0.1, -0.05) is 26.0 Å². The van der Waals surface area contributed by atoms with Gasteiger partial charge < -0.3 is 5.32 Å². The first-order valence-electron chi connectivity index (χ1n) is 7.86. The van der Waals surface area contributed by atoms with Crippen LogP contribution in [-0.2, 0) is 0 Å². The van der Waals surface area contributed by atoms with Crippen LogP contribution >= 0.6 is 0 Å². The summed E-state index contributed by atoms with van der Waals surface area (Å²) >= 11 is 0. The van der Waals surface area contributed by atoms with Crippen LogP contribution in [0, 0.1) is 18.8 Å². The van der Waals surface area contributed by atoms with Crippen molar-refractivity contribution in [3.05, 3.63) is 30.1 Å². The van der Waals surface area contributed by atoms with E-state index in [1.54, 1.807) is 0 Å². The van der Waals surface area contributed by atoms with Gasteiger partial charge >= 0.3 is 0 Å².